The van der Waals surface area contributed by atoms with Gasteiger partial charge in [0.05, 0.1) is 24.7 Å². The Labute approximate surface area is 118 Å². The van der Waals surface area contributed by atoms with Gasteiger partial charge < -0.3 is 9.47 Å². The molecule has 0 fully saturated rings. The van der Waals surface area contributed by atoms with Crippen molar-refractivity contribution in [1.82, 2.24) is 0 Å². The van der Waals surface area contributed by atoms with Crippen molar-refractivity contribution in [3.05, 3.63) is 28.3 Å². The normalized spacial score (nSPS) is 12.3. The molecule has 0 bridgehead atoms. The summed E-state index contributed by atoms with van der Waals surface area (Å²) in [6.45, 7) is 4.56. The molecule has 0 N–H and O–H groups in total. The Hall–Kier alpha value is -1.43. The summed E-state index contributed by atoms with van der Waals surface area (Å²) in [5, 5.41) is 11.0. The molecule has 0 heterocycles. The molecule has 0 aliphatic heterocycles. The average molecular weight is 285 g/mol. The lowest BCUT2D eigenvalue weighted by atomic mass is 9.99. The van der Waals surface area contributed by atoms with Crippen LogP contribution in [0.4, 0.5) is 5.69 Å². The van der Waals surface area contributed by atoms with E-state index in [0.29, 0.717) is 24.0 Å². The molecule has 1 aromatic carbocycles. The Kier molecular flexibility index (Phi) is 5.95. The fourth-order valence-corrected chi connectivity index (χ4v) is 2.07. The fraction of sp³-hybridized carbons (Fsp3) is 0.538. The SMILES string of the molecule is COc1ccc(OCC(CS)C(C)C)c([N+](=O)[O-])c1. The van der Waals surface area contributed by atoms with Crippen LogP contribution in [0.1, 0.15) is 13.8 Å². The standard InChI is InChI=1S/C13H19NO4S/c1-9(2)10(8-19)7-18-13-5-4-11(17-3)6-12(13)14(15)16/h4-6,9-10,19H,7-8H2,1-3H3. The average Bonchev–Trinajstić information content (AvgIpc) is 2.38. The van der Waals surface area contributed by atoms with E-state index in [1.807, 2.05) is 0 Å². The summed E-state index contributed by atoms with van der Waals surface area (Å²) in [6, 6.07) is 4.57. The minimum Gasteiger partial charge on any atom is -0.496 e. The molecule has 0 aromatic heterocycles. The highest BCUT2D eigenvalue weighted by atomic mass is 32.1. The maximum absolute atomic E-state index is 11.0. The zero-order valence-corrected chi connectivity index (χ0v) is 12.2. The van der Waals surface area contributed by atoms with Crippen molar-refractivity contribution in [2.24, 2.45) is 11.8 Å². The molecule has 1 atom stereocenters. The summed E-state index contributed by atoms with van der Waals surface area (Å²) in [5.74, 6) is 2.05. The molecule has 1 unspecified atom stereocenters. The number of methoxy groups -OCH3 is 1. The largest absolute Gasteiger partial charge is 0.496 e. The smallest absolute Gasteiger partial charge is 0.314 e. The lowest BCUT2D eigenvalue weighted by Crippen LogP contribution is -2.19. The molecule has 5 nitrogen and oxygen atoms in total. The Morgan fingerprint density at radius 2 is 2.11 bits per heavy atom. The first-order valence-corrected chi connectivity index (χ1v) is 6.69. The molecule has 0 spiro atoms. The predicted molar refractivity (Wildman–Crippen MR) is 77.3 cm³/mol. The summed E-state index contributed by atoms with van der Waals surface area (Å²) < 4.78 is 10.5. The third kappa shape index (κ3) is 4.31. The van der Waals surface area contributed by atoms with Crippen LogP contribution in [0.5, 0.6) is 11.5 Å². The molecule has 1 aromatic rings. The van der Waals surface area contributed by atoms with Crippen LogP contribution >= 0.6 is 12.6 Å². The van der Waals surface area contributed by atoms with Crippen LogP contribution in [0.3, 0.4) is 0 Å². The number of nitro benzene ring substituents is 1. The molecule has 0 saturated carbocycles. The van der Waals surface area contributed by atoms with Gasteiger partial charge in [0.15, 0.2) is 5.75 Å². The second-order valence-electron chi connectivity index (χ2n) is 4.59. The summed E-state index contributed by atoms with van der Waals surface area (Å²) in [5.41, 5.74) is -0.0824. The Bertz CT molecular complexity index is 437. The molecule has 0 aliphatic carbocycles. The minimum absolute atomic E-state index is 0.0824. The van der Waals surface area contributed by atoms with Crippen molar-refractivity contribution in [2.45, 2.75) is 13.8 Å². The first-order chi connectivity index (χ1) is 8.99. The lowest BCUT2D eigenvalue weighted by Gasteiger charge is -2.19. The van der Waals surface area contributed by atoms with Crippen LogP contribution in [0.25, 0.3) is 0 Å². The zero-order chi connectivity index (χ0) is 14.4. The molecule has 0 aliphatic rings. The van der Waals surface area contributed by atoms with Crippen molar-refractivity contribution >= 4 is 18.3 Å². The van der Waals surface area contributed by atoms with E-state index >= 15 is 0 Å². The van der Waals surface area contributed by atoms with Gasteiger partial charge in [0, 0.05) is 5.92 Å². The van der Waals surface area contributed by atoms with E-state index < -0.39 is 4.92 Å². The van der Waals surface area contributed by atoms with Gasteiger partial charge in [-0.2, -0.15) is 12.6 Å². The van der Waals surface area contributed by atoms with Crippen molar-refractivity contribution < 1.29 is 14.4 Å². The molecule has 1 rings (SSSR count). The highest BCUT2D eigenvalue weighted by molar-refractivity contribution is 7.80. The molecule has 0 saturated heterocycles. The zero-order valence-electron chi connectivity index (χ0n) is 11.3. The summed E-state index contributed by atoms with van der Waals surface area (Å²) in [6.07, 6.45) is 0. The van der Waals surface area contributed by atoms with E-state index in [4.69, 9.17) is 9.47 Å². The molecule has 106 valence electrons. The maximum Gasteiger partial charge on any atom is 0.314 e. The molecule has 0 amide bonds. The number of benzene rings is 1. The first-order valence-electron chi connectivity index (χ1n) is 6.05. The minimum atomic E-state index is -0.469. The van der Waals surface area contributed by atoms with Crippen molar-refractivity contribution in [3.8, 4) is 11.5 Å². The molecular weight excluding hydrogens is 266 g/mol. The Balaban J connectivity index is 2.85. The van der Waals surface area contributed by atoms with Crippen LogP contribution in [0.2, 0.25) is 0 Å². The Morgan fingerprint density at radius 3 is 2.58 bits per heavy atom. The van der Waals surface area contributed by atoms with Gasteiger partial charge in [-0.3, -0.25) is 10.1 Å². The number of hydrogen-bond acceptors (Lipinski definition) is 5. The molecule has 19 heavy (non-hydrogen) atoms. The third-order valence-corrected chi connectivity index (χ3v) is 3.46. The van der Waals surface area contributed by atoms with E-state index in [9.17, 15) is 10.1 Å². The molecule has 0 radical (unpaired) electrons. The third-order valence-electron chi connectivity index (χ3n) is 2.99. The first kappa shape index (κ1) is 15.6. The van der Waals surface area contributed by atoms with Gasteiger partial charge in [-0.15, -0.1) is 0 Å². The van der Waals surface area contributed by atoms with Crippen LogP contribution in [0.15, 0.2) is 18.2 Å². The summed E-state index contributed by atoms with van der Waals surface area (Å²) in [4.78, 5) is 10.5. The maximum atomic E-state index is 11.0. The van der Waals surface area contributed by atoms with E-state index in [1.165, 1.54) is 13.2 Å². The highest BCUT2D eigenvalue weighted by Crippen LogP contribution is 2.31. The monoisotopic (exact) mass is 285 g/mol. The number of nitro groups is 1. The number of ether oxygens (including phenoxy) is 2. The van der Waals surface area contributed by atoms with E-state index in [0.717, 1.165) is 0 Å². The Morgan fingerprint density at radius 1 is 1.42 bits per heavy atom. The lowest BCUT2D eigenvalue weighted by molar-refractivity contribution is -0.386. The second kappa shape index (κ2) is 7.23. The van der Waals surface area contributed by atoms with Crippen LogP contribution < -0.4 is 9.47 Å². The number of nitrogens with zero attached hydrogens (tertiary/aromatic N) is 1. The van der Waals surface area contributed by atoms with Gasteiger partial charge in [-0.05, 0) is 23.8 Å². The van der Waals surface area contributed by atoms with Gasteiger partial charge in [0.25, 0.3) is 0 Å². The summed E-state index contributed by atoms with van der Waals surface area (Å²) in [7, 11) is 1.47. The van der Waals surface area contributed by atoms with E-state index in [1.54, 1.807) is 12.1 Å². The van der Waals surface area contributed by atoms with Crippen LogP contribution in [-0.2, 0) is 0 Å². The van der Waals surface area contributed by atoms with Gasteiger partial charge in [-0.25, -0.2) is 0 Å². The van der Waals surface area contributed by atoms with Gasteiger partial charge in [-0.1, -0.05) is 13.8 Å². The van der Waals surface area contributed by atoms with Crippen molar-refractivity contribution in [3.63, 3.8) is 0 Å². The summed E-state index contributed by atoms with van der Waals surface area (Å²) >= 11 is 4.27. The van der Waals surface area contributed by atoms with E-state index in [2.05, 4.69) is 26.5 Å². The molecular formula is C13H19NO4S. The predicted octanol–water partition coefficient (Wildman–Crippen LogP) is 3.18. The van der Waals surface area contributed by atoms with E-state index in [-0.39, 0.29) is 17.4 Å². The quantitative estimate of drug-likeness (QED) is 0.475. The van der Waals surface area contributed by atoms with Gasteiger partial charge in [0.1, 0.15) is 5.75 Å². The van der Waals surface area contributed by atoms with Crippen LogP contribution in [-0.4, -0.2) is 24.4 Å². The molecule has 6 heteroatoms. The number of hydrogen-bond donors (Lipinski definition) is 1. The second-order valence-corrected chi connectivity index (χ2v) is 4.95. The number of rotatable bonds is 7. The van der Waals surface area contributed by atoms with Gasteiger partial charge in [0.2, 0.25) is 0 Å². The number of thiol groups is 1. The van der Waals surface area contributed by atoms with Crippen molar-refractivity contribution in [1.29, 1.82) is 0 Å². The van der Waals surface area contributed by atoms with Gasteiger partial charge >= 0.3 is 5.69 Å². The van der Waals surface area contributed by atoms with Crippen molar-refractivity contribution in [2.75, 3.05) is 19.5 Å². The highest BCUT2D eigenvalue weighted by Gasteiger charge is 2.19. The fourth-order valence-electron chi connectivity index (χ4n) is 1.54. The van der Waals surface area contributed by atoms with Crippen LogP contribution in [0, 0.1) is 22.0 Å². The topological polar surface area (TPSA) is 61.6 Å².